The molecule has 0 saturated carbocycles. The van der Waals surface area contributed by atoms with Crippen LogP contribution in [-0.4, -0.2) is 19.5 Å². The molecule has 3 aromatic rings. The van der Waals surface area contributed by atoms with Crippen LogP contribution in [-0.2, 0) is 0 Å². The Morgan fingerprint density at radius 3 is 2.57 bits per heavy atom. The fourth-order valence-electron chi connectivity index (χ4n) is 3.38. The predicted octanol–water partition coefficient (Wildman–Crippen LogP) is 5.84. The van der Waals surface area contributed by atoms with E-state index in [2.05, 4.69) is 23.6 Å². The largest absolute Gasteiger partial charge is 0.455 e. The van der Waals surface area contributed by atoms with E-state index in [0.29, 0.717) is 22.5 Å². The average Bonchev–Trinajstić information content (AvgIpc) is 3.00. The number of amides is 1. The summed E-state index contributed by atoms with van der Waals surface area (Å²) in [7, 11) is 1.59. The number of benzene rings is 2. The lowest BCUT2D eigenvalue weighted by Crippen LogP contribution is -2.18. The van der Waals surface area contributed by atoms with Gasteiger partial charge >= 0.3 is 0 Å². The number of anilines is 1. The highest BCUT2D eigenvalue weighted by molar-refractivity contribution is 6.12. The Kier molecular flexibility index (Phi) is 5.83. The first-order chi connectivity index (χ1) is 13.6. The first kappa shape index (κ1) is 19.7. The molecule has 0 unspecified atom stereocenters. The summed E-state index contributed by atoms with van der Waals surface area (Å²) in [4.78, 5) is 12.6. The molecule has 0 fully saturated rings. The van der Waals surface area contributed by atoms with Crippen LogP contribution in [0, 0.1) is 5.82 Å². The summed E-state index contributed by atoms with van der Waals surface area (Å²) in [5, 5.41) is 6.84. The van der Waals surface area contributed by atoms with Crippen molar-refractivity contribution in [1.29, 1.82) is 0 Å². The van der Waals surface area contributed by atoms with Crippen molar-refractivity contribution in [2.45, 2.75) is 27.2 Å². The molecule has 2 heterocycles. The quantitative estimate of drug-likeness (QED) is 0.587. The Balaban J connectivity index is 0.00000109. The lowest BCUT2D eigenvalue weighted by atomic mass is 9.99. The van der Waals surface area contributed by atoms with Gasteiger partial charge in [-0.15, -0.1) is 0 Å². The van der Waals surface area contributed by atoms with E-state index in [1.165, 1.54) is 17.7 Å². The maximum Gasteiger partial charge on any atom is 0.255 e. The first-order valence-corrected chi connectivity index (χ1v) is 9.58. The van der Waals surface area contributed by atoms with E-state index in [1.54, 1.807) is 19.2 Å². The Bertz CT molecular complexity index is 1030. The number of carbonyl (C=O) groups excluding carboxylic acids is 1. The van der Waals surface area contributed by atoms with Crippen molar-refractivity contribution >= 4 is 28.1 Å². The van der Waals surface area contributed by atoms with E-state index in [1.807, 2.05) is 26.0 Å². The van der Waals surface area contributed by atoms with E-state index >= 15 is 0 Å². The average molecular weight is 380 g/mol. The van der Waals surface area contributed by atoms with Crippen LogP contribution in [0.15, 0.2) is 46.9 Å². The zero-order valence-corrected chi connectivity index (χ0v) is 16.7. The Hall–Kier alpha value is -3.08. The third kappa shape index (κ3) is 3.52. The molecule has 1 aliphatic heterocycles. The number of carbonyl (C=O) groups is 1. The van der Waals surface area contributed by atoms with Gasteiger partial charge in [-0.2, -0.15) is 0 Å². The molecule has 0 atom stereocenters. The minimum Gasteiger partial charge on any atom is -0.455 e. The summed E-state index contributed by atoms with van der Waals surface area (Å²) in [6, 6.07) is 9.89. The van der Waals surface area contributed by atoms with Crippen molar-refractivity contribution in [2.75, 3.05) is 18.9 Å². The number of hydrogen-bond acceptors (Lipinski definition) is 3. The fraction of sp³-hybridized carbons (Fsp3) is 0.261. The maximum atomic E-state index is 13.3. The standard InChI is InChI=1S/C21H19FN2O2.C2H6/c1-12-4-3-9-24-17-11-18-16(10-15(12)17)19(21(25)23-2)20(26-18)13-5-7-14(22)8-6-13;1-2/h4-8,10-11,24H,3,9H2,1-2H3,(H,23,25);1-2H3. The molecule has 146 valence electrons. The minimum atomic E-state index is -0.331. The van der Waals surface area contributed by atoms with Gasteiger partial charge in [-0.25, -0.2) is 4.39 Å². The van der Waals surface area contributed by atoms with Crippen LogP contribution in [0.2, 0.25) is 0 Å². The van der Waals surface area contributed by atoms with Crippen molar-refractivity contribution in [2.24, 2.45) is 0 Å². The van der Waals surface area contributed by atoms with Gasteiger partial charge in [0.15, 0.2) is 0 Å². The topological polar surface area (TPSA) is 54.3 Å². The zero-order chi connectivity index (χ0) is 20.3. The van der Waals surface area contributed by atoms with Crippen LogP contribution in [0.25, 0.3) is 27.9 Å². The molecular formula is C23H25FN2O2. The van der Waals surface area contributed by atoms with Crippen molar-refractivity contribution in [3.8, 4) is 11.3 Å². The first-order valence-electron chi connectivity index (χ1n) is 9.58. The van der Waals surface area contributed by atoms with E-state index in [4.69, 9.17) is 4.42 Å². The van der Waals surface area contributed by atoms with Gasteiger partial charge in [0.2, 0.25) is 0 Å². The fourth-order valence-corrected chi connectivity index (χ4v) is 3.38. The number of nitrogens with one attached hydrogen (secondary N) is 2. The second kappa shape index (κ2) is 8.30. The Morgan fingerprint density at radius 2 is 1.89 bits per heavy atom. The molecule has 28 heavy (non-hydrogen) atoms. The van der Waals surface area contributed by atoms with Gasteiger partial charge in [-0.3, -0.25) is 4.79 Å². The molecule has 1 amide bonds. The third-order valence-electron chi connectivity index (χ3n) is 4.72. The number of rotatable bonds is 2. The van der Waals surface area contributed by atoms with Gasteiger partial charge in [0.05, 0.1) is 5.56 Å². The van der Waals surface area contributed by atoms with Crippen molar-refractivity contribution in [3.05, 3.63) is 59.4 Å². The molecule has 0 radical (unpaired) electrons. The van der Waals surface area contributed by atoms with Gasteiger partial charge in [0.25, 0.3) is 5.91 Å². The van der Waals surface area contributed by atoms with Gasteiger partial charge in [-0.1, -0.05) is 19.9 Å². The normalized spacial score (nSPS) is 12.8. The molecule has 1 aromatic heterocycles. The van der Waals surface area contributed by atoms with E-state index < -0.39 is 0 Å². The Labute approximate surface area is 164 Å². The predicted molar refractivity (Wildman–Crippen MR) is 113 cm³/mol. The van der Waals surface area contributed by atoms with Gasteiger partial charge in [0, 0.05) is 41.9 Å². The molecule has 4 nitrogen and oxygen atoms in total. The van der Waals surface area contributed by atoms with Crippen molar-refractivity contribution < 1.29 is 13.6 Å². The summed E-state index contributed by atoms with van der Waals surface area (Å²) in [6.07, 6.45) is 3.14. The number of hydrogen-bond donors (Lipinski definition) is 2. The summed E-state index contributed by atoms with van der Waals surface area (Å²) < 4.78 is 19.3. The Morgan fingerprint density at radius 1 is 1.18 bits per heavy atom. The number of furan rings is 1. The van der Waals surface area contributed by atoms with Gasteiger partial charge in [-0.05, 0) is 49.2 Å². The van der Waals surface area contributed by atoms with E-state index in [0.717, 1.165) is 29.6 Å². The van der Waals surface area contributed by atoms with Crippen molar-refractivity contribution in [3.63, 3.8) is 0 Å². The molecule has 4 rings (SSSR count). The molecule has 2 aromatic carbocycles. The van der Waals surface area contributed by atoms with Crippen LogP contribution in [0.1, 0.15) is 43.1 Å². The summed E-state index contributed by atoms with van der Waals surface area (Å²) in [6.45, 7) is 6.92. The smallest absolute Gasteiger partial charge is 0.255 e. The highest BCUT2D eigenvalue weighted by atomic mass is 19.1. The molecule has 0 bridgehead atoms. The highest BCUT2D eigenvalue weighted by Crippen LogP contribution is 2.38. The SMILES string of the molecule is CC.CNC(=O)c1c(-c2ccc(F)cc2)oc2cc3c(cc12)C(C)=CCCN3. The van der Waals surface area contributed by atoms with Crippen LogP contribution < -0.4 is 10.6 Å². The third-order valence-corrected chi connectivity index (χ3v) is 4.72. The van der Waals surface area contributed by atoms with Gasteiger partial charge in [0.1, 0.15) is 17.2 Å². The minimum absolute atomic E-state index is 0.230. The lowest BCUT2D eigenvalue weighted by Gasteiger charge is -2.09. The molecule has 5 heteroatoms. The van der Waals surface area contributed by atoms with E-state index in [9.17, 15) is 9.18 Å². The summed E-state index contributed by atoms with van der Waals surface area (Å²) in [5.41, 5.74) is 4.98. The van der Waals surface area contributed by atoms with E-state index in [-0.39, 0.29) is 11.7 Å². The second-order valence-corrected chi connectivity index (χ2v) is 6.39. The molecule has 0 aliphatic carbocycles. The highest BCUT2D eigenvalue weighted by Gasteiger charge is 2.23. The number of halogens is 1. The number of fused-ring (bicyclic) bond motifs is 2. The van der Waals surface area contributed by atoms with Crippen LogP contribution >= 0.6 is 0 Å². The molecule has 0 saturated heterocycles. The lowest BCUT2D eigenvalue weighted by molar-refractivity contribution is 0.0964. The van der Waals surface area contributed by atoms with Crippen LogP contribution in [0.3, 0.4) is 0 Å². The molecule has 0 spiro atoms. The number of allylic oxidation sites excluding steroid dienone is 1. The summed E-state index contributed by atoms with van der Waals surface area (Å²) >= 11 is 0. The maximum absolute atomic E-state index is 13.3. The monoisotopic (exact) mass is 380 g/mol. The van der Waals surface area contributed by atoms with Crippen molar-refractivity contribution in [1.82, 2.24) is 5.32 Å². The second-order valence-electron chi connectivity index (χ2n) is 6.39. The molecule has 2 N–H and O–H groups in total. The molecule has 1 aliphatic rings. The summed E-state index contributed by atoms with van der Waals surface area (Å²) in [5.74, 6) is -0.115. The van der Waals surface area contributed by atoms with Gasteiger partial charge < -0.3 is 15.1 Å². The zero-order valence-electron chi connectivity index (χ0n) is 16.7. The van der Waals surface area contributed by atoms with Crippen LogP contribution in [0.4, 0.5) is 10.1 Å². The molecular weight excluding hydrogens is 355 g/mol. The van der Waals surface area contributed by atoms with Crippen LogP contribution in [0.5, 0.6) is 0 Å².